The standard InChI is InChI=1S/C12H21NO3/c14-8-3-7-13(10-4-1-5-10)12(15)11-6-2-9-16-11/h10-11,14H,1-9H2/t11-/m0/s1. The van der Waals surface area contributed by atoms with Gasteiger partial charge in [0.1, 0.15) is 6.10 Å². The summed E-state index contributed by atoms with van der Waals surface area (Å²) in [6, 6.07) is 0.406. The maximum atomic E-state index is 12.2. The Kier molecular flexibility index (Phi) is 4.18. The van der Waals surface area contributed by atoms with Crippen molar-refractivity contribution in [2.75, 3.05) is 19.8 Å². The highest BCUT2D eigenvalue weighted by Gasteiger charge is 2.34. The number of nitrogens with zero attached hydrogens (tertiary/aromatic N) is 1. The smallest absolute Gasteiger partial charge is 0.251 e. The zero-order chi connectivity index (χ0) is 11.4. The Balaban J connectivity index is 1.90. The Labute approximate surface area is 96.6 Å². The van der Waals surface area contributed by atoms with E-state index in [-0.39, 0.29) is 18.6 Å². The van der Waals surface area contributed by atoms with E-state index < -0.39 is 0 Å². The highest BCUT2D eigenvalue weighted by molar-refractivity contribution is 5.81. The summed E-state index contributed by atoms with van der Waals surface area (Å²) in [4.78, 5) is 14.1. The molecule has 0 spiro atoms. The van der Waals surface area contributed by atoms with Crippen molar-refractivity contribution in [3.63, 3.8) is 0 Å². The first kappa shape index (κ1) is 11.9. The molecule has 4 heteroatoms. The molecule has 1 aliphatic heterocycles. The molecular formula is C12H21NO3. The van der Waals surface area contributed by atoms with Gasteiger partial charge >= 0.3 is 0 Å². The average molecular weight is 227 g/mol. The minimum absolute atomic E-state index is 0.149. The molecule has 1 saturated heterocycles. The lowest BCUT2D eigenvalue weighted by Crippen LogP contribution is -2.48. The quantitative estimate of drug-likeness (QED) is 0.760. The Hall–Kier alpha value is -0.610. The maximum Gasteiger partial charge on any atom is 0.251 e. The van der Waals surface area contributed by atoms with Crippen molar-refractivity contribution in [2.24, 2.45) is 0 Å². The molecule has 0 aromatic rings. The Bertz CT molecular complexity index is 234. The number of hydrogen-bond acceptors (Lipinski definition) is 3. The second-order valence-corrected chi connectivity index (χ2v) is 4.70. The first-order chi connectivity index (χ1) is 7.83. The van der Waals surface area contributed by atoms with Crippen LogP contribution < -0.4 is 0 Å². The minimum atomic E-state index is -0.209. The number of carbonyl (C=O) groups is 1. The lowest BCUT2D eigenvalue weighted by Gasteiger charge is -2.38. The van der Waals surface area contributed by atoms with E-state index in [1.807, 2.05) is 4.90 Å². The molecule has 1 amide bonds. The predicted molar refractivity (Wildman–Crippen MR) is 60.0 cm³/mol. The fourth-order valence-corrected chi connectivity index (χ4v) is 2.37. The zero-order valence-corrected chi connectivity index (χ0v) is 9.73. The first-order valence-electron chi connectivity index (χ1n) is 6.36. The molecule has 1 saturated carbocycles. The van der Waals surface area contributed by atoms with Crippen molar-refractivity contribution in [2.45, 2.75) is 50.7 Å². The van der Waals surface area contributed by atoms with E-state index in [4.69, 9.17) is 9.84 Å². The number of hydrogen-bond donors (Lipinski definition) is 1. The van der Waals surface area contributed by atoms with Gasteiger partial charge in [0.15, 0.2) is 0 Å². The van der Waals surface area contributed by atoms with Crippen LogP contribution in [0.25, 0.3) is 0 Å². The van der Waals surface area contributed by atoms with Crippen molar-refractivity contribution >= 4 is 5.91 Å². The minimum Gasteiger partial charge on any atom is -0.396 e. The maximum absolute atomic E-state index is 12.2. The van der Waals surface area contributed by atoms with Gasteiger partial charge in [-0.2, -0.15) is 0 Å². The Morgan fingerprint density at radius 3 is 2.62 bits per heavy atom. The van der Waals surface area contributed by atoms with E-state index in [2.05, 4.69) is 0 Å². The van der Waals surface area contributed by atoms with Gasteiger partial charge in [-0.25, -0.2) is 0 Å². The number of aliphatic hydroxyl groups is 1. The highest BCUT2D eigenvalue weighted by Crippen LogP contribution is 2.27. The van der Waals surface area contributed by atoms with Gasteiger partial charge in [0.2, 0.25) is 0 Å². The predicted octanol–water partition coefficient (Wildman–Crippen LogP) is 0.929. The van der Waals surface area contributed by atoms with Crippen LogP contribution in [0.5, 0.6) is 0 Å². The van der Waals surface area contributed by atoms with Gasteiger partial charge in [-0.15, -0.1) is 0 Å². The van der Waals surface area contributed by atoms with Crippen molar-refractivity contribution in [3.05, 3.63) is 0 Å². The van der Waals surface area contributed by atoms with E-state index in [9.17, 15) is 4.79 Å². The van der Waals surface area contributed by atoms with Gasteiger partial charge in [-0.1, -0.05) is 0 Å². The van der Waals surface area contributed by atoms with Crippen molar-refractivity contribution in [1.82, 2.24) is 4.90 Å². The molecule has 0 bridgehead atoms. The van der Waals surface area contributed by atoms with Crippen LogP contribution in [0.4, 0.5) is 0 Å². The summed E-state index contributed by atoms with van der Waals surface area (Å²) in [7, 11) is 0. The molecule has 1 aliphatic carbocycles. The number of aliphatic hydroxyl groups excluding tert-OH is 1. The number of carbonyl (C=O) groups excluding carboxylic acids is 1. The van der Waals surface area contributed by atoms with Crippen molar-refractivity contribution in [3.8, 4) is 0 Å². The van der Waals surface area contributed by atoms with Crippen LogP contribution >= 0.6 is 0 Å². The van der Waals surface area contributed by atoms with Crippen LogP contribution in [0.3, 0.4) is 0 Å². The molecule has 0 aromatic heterocycles. The third-order valence-electron chi connectivity index (χ3n) is 3.56. The summed E-state index contributed by atoms with van der Waals surface area (Å²) >= 11 is 0. The fraction of sp³-hybridized carbons (Fsp3) is 0.917. The molecule has 0 aromatic carbocycles. The summed E-state index contributed by atoms with van der Waals surface area (Å²) < 4.78 is 5.44. The van der Waals surface area contributed by atoms with Gasteiger partial charge in [0, 0.05) is 25.8 Å². The molecule has 2 fully saturated rings. The summed E-state index contributed by atoms with van der Waals surface area (Å²) in [5, 5.41) is 8.87. The zero-order valence-electron chi connectivity index (χ0n) is 9.73. The van der Waals surface area contributed by atoms with Gasteiger partial charge in [0.25, 0.3) is 5.91 Å². The summed E-state index contributed by atoms with van der Waals surface area (Å²) in [5.41, 5.74) is 0. The first-order valence-corrected chi connectivity index (χ1v) is 6.36. The van der Waals surface area contributed by atoms with E-state index in [1.165, 1.54) is 6.42 Å². The van der Waals surface area contributed by atoms with Crippen molar-refractivity contribution in [1.29, 1.82) is 0 Å². The number of amides is 1. The van der Waals surface area contributed by atoms with Crippen LogP contribution in [0.1, 0.15) is 38.5 Å². The molecular weight excluding hydrogens is 206 g/mol. The fourth-order valence-electron chi connectivity index (χ4n) is 2.37. The third-order valence-corrected chi connectivity index (χ3v) is 3.56. The molecule has 1 heterocycles. The summed E-state index contributed by atoms with van der Waals surface area (Å²) in [6.45, 7) is 1.55. The van der Waals surface area contributed by atoms with Gasteiger partial charge < -0.3 is 14.7 Å². The molecule has 1 N–H and O–H groups in total. The van der Waals surface area contributed by atoms with E-state index in [1.54, 1.807) is 0 Å². The molecule has 4 nitrogen and oxygen atoms in total. The summed E-state index contributed by atoms with van der Waals surface area (Å²) in [6.07, 6.45) is 5.78. The molecule has 92 valence electrons. The Morgan fingerprint density at radius 1 is 1.31 bits per heavy atom. The molecule has 0 unspecified atom stereocenters. The lowest BCUT2D eigenvalue weighted by atomic mass is 9.91. The topological polar surface area (TPSA) is 49.8 Å². The SMILES string of the molecule is O=C([C@@H]1CCCO1)N(CCCO)C1CCC1. The van der Waals surface area contributed by atoms with Crippen LogP contribution in [0.2, 0.25) is 0 Å². The number of rotatable bonds is 5. The second-order valence-electron chi connectivity index (χ2n) is 4.70. The monoisotopic (exact) mass is 227 g/mol. The highest BCUT2D eigenvalue weighted by atomic mass is 16.5. The van der Waals surface area contributed by atoms with Crippen molar-refractivity contribution < 1.29 is 14.6 Å². The summed E-state index contributed by atoms with van der Waals surface area (Å²) in [5.74, 6) is 0.149. The van der Waals surface area contributed by atoms with E-state index in [0.717, 1.165) is 32.3 Å². The molecule has 1 atom stereocenters. The van der Waals surface area contributed by atoms with Crippen LogP contribution in [-0.4, -0.2) is 47.8 Å². The average Bonchev–Trinajstić information content (AvgIpc) is 2.73. The van der Waals surface area contributed by atoms with Gasteiger partial charge in [-0.05, 0) is 38.5 Å². The van der Waals surface area contributed by atoms with Crippen LogP contribution in [-0.2, 0) is 9.53 Å². The van der Waals surface area contributed by atoms with Gasteiger partial charge in [-0.3, -0.25) is 4.79 Å². The van der Waals surface area contributed by atoms with Gasteiger partial charge in [0.05, 0.1) is 0 Å². The third kappa shape index (κ3) is 2.55. The largest absolute Gasteiger partial charge is 0.396 e. The van der Waals surface area contributed by atoms with E-state index >= 15 is 0 Å². The molecule has 0 radical (unpaired) electrons. The molecule has 2 aliphatic rings. The van der Waals surface area contributed by atoms with Crippen LogP contribution in [0, 0.1) is 0 Å². The number of ether oxygens (including phenoxy) is 1. The normalized spacial score (nSPS) is 25.4. The molecule has 2 rings (SSSR count). The molecule has 16 heavy (non-hydrogen) atoms. The second kappa shape index (κ2) is 5.64. The Morgan fingerprint density at radius 2 is 2.12 bits per heavy atom. The van der Waals surface area contributed by atoms with E-state index in [0.29, 0.717) is 19.0 Å². The lowest BCUT2D eigenvalue weighted by molar-refractivity contribution is -0.145. The van der Waals surface area contributed by atoms with Crippen LogP contribution in [0.15, 0.2) is 0 Å².